The van der Waals surface area contributed by atoms with Gasteiger partial charge in [0.1, 0.15) is 6.04 Å². The summed E-state index contributed by atoms with van der Waals surface area (Å²) in [5.74, 6) is -1.21. The summed E-state index contributed by atoms with van der Waals surface area (Å²) in [6, 6.07) is 8.29. The Bertz CT molecular complexity index is 521. The standard InChI is InChI=1S/C15H21N3O4/c1-9(19)13(15(21)18-22)17-14(20)12-8-7-11(16-12)10-5-3-2-4-6-10/h2-6,9,11-13,16,19,22H,7-8H2,1H3,(H,17,20)(H,18,21)/t9-,11?,12+,13+/m1/s1. The van der Waals surface area contributed by atoms with Crippen molar-refractivity contribution in [3.8, 4) is 0 Å². The zero-order valence-corrected chi connectivity index (χ0v) is 12.3. The van der Waals surface area contributed by atoms with E-state index in [2.05, 4.69) is 10.6 Å². The fourth-order valence-corrected chi connectivity index (χ4v) is 2.63. The van der Waals surface area contributed by atoms with Crippen molar-refractivity contribution in [2.45, 2.75) is 44.0 Å². The lowest BCUT2D eigenvalue weighted by molar-refractivity contribution is -0.138. The van der Waals surface area contributed by atoms with E-state index in [1.165, 1.54) is 12.4 Å². The highest BCUT2D eigenvalue weighted by atomic mass is 16.5. The minimum absolute atomic E-state index is 0.0913. The predicted octanol–water partition coefficient (Wildman–Crippen LogP) is -0.149. The van der Waals surface area contributed by atoms with Gasteiger partial charge in [0.15, 0.2) is 0 Å². The summed E-state index contributed by atoms with van der Waals surface area (Å²) in [6.07, 6.45) is 0.342. The zero-order valence-electron chi connectivity index (χ0n) is 12.3. The van der Waals surface area contributed by atoms with Crippen LogP contribution in [0, 0.1) is 0 Å². The summed E-state index contributed by atoms with van der Waals surface area (Å²) >= 11 is 0. The van der Waals surface area contributed by atoms with Crippen LogP contribution in [0.4, 0.5) is 0 Å². The normalized spacial score (nSPS) is 23.6. The highest BCUT2D eigenvalue weighted by Crippen LogP contribution is 2.26. The van der Waals surface area contributed by atoms with Crippen LogP contribution < -0.4 is 16.1 Å². The lowest BCUT2D eigenvalue weighted by atomic mass is 10.1. The average Bonchev–Trinajstić information content (AvgIpc) is 3.02. The third kappa shape index (κ3) is 3.82. The Hall–Kier alpha value is -1.96. The Labute approximate surface area is 128 Å². The van der Waals surface area contributed by atoms with E-state index in [0.29, 0.717) is 6.42 Å². The molecular weight excluding hydrogens is 286 g/mol. The molecule has 1 unspecified atom stereocenters. The van der Waals surface area contributed by atoms with E-state index < -0.39 is 24.1 Å². The van der Waals surface area contributed by atoms with Crippen LogP contribution in [-0.4, -0.2) is 40.3 Å². The maximum atomic E-state index is 12.2. The van der Waals surface area contributed by atoms with Crippen LogP contribution in [0.25, 0.3) is 0 Å². The lowest BCUT2D eigenvalue weighted by Gasteiger charge is -2.22. The molecule has 0 radical (unpaired) electrons. The molecule has 2 amide bonds. The van der Waals surface area contributed by atoms with Crippen LogP contribution in [0.1, 0.15) is 31.4 Å². The topological polar surface area (TPSA) is 111 Å². The number of carbonyl (C=O) groups is 2. The minimum Gasteiger partial charge on any atom is -0.391 e. The number of aliphatic hydroxyl groups is 1. The first-order valence-electron chi connectivity index (χ1n) is 7.26. The number of hydroxylamine groups is 1. The summed E-state index contributed by atoms with van der Waals surface area (Å²) < 4.78 is 0. The number of hydrogen-bond acceptors (Lipinski definition) is 5. The number of hydrogen-bond donors (Lipinski definition) is 5. The second kappa shape index (κ2) is 7.35. The van der Waals surface area contributed by atoms with Crippen molar-refractivity contribution in [2.75, 3.05) is 0 Å². The van der Waals surface area contributed by atoms with Crippen molar-refractivity contribution < 1.29 is 19.9 Å². The van der Waals surface area contributed by atoms with E-state index in [0.717, 1.165) is 12.0 Å². The first-order chi connectivity index (χ1) is 10.5. The van der Waals surface area contributed by atoms with Crippen molar-refractivity contribution in [3.63, 3.8) is 0 Å². The monoisotopic (exact) mass is 307 g/mol. The quantitative estimate of drug-likeness (QED) is 0.384. The molecule has 7 nitrogen and oxygen atoms in total. The summed E-state index contributed by atoms with van der Waals surface area (Å²) in [4.78, 5) is 23.6. The second-order valence-corrected chi connectivity index (χ2v) is 5.46. The Balaban J connectivity index is 1.95. The molecule has 1 aromatic rings. The van der Waals surface area contributed by atoms with Crippen LogP contribution in [0.5, 0.6) is 0 Å². The maximum absolute atomic E-state index is 12.2. The molecule has 0 spiro atoms. The van der Waals surface area contributed by atoms with Gasteiger partial charge in [-0.25, -0.2) is 5.48 Å². The molecule has 7 heteroatoms. The Morgan fingerprint density at radius 1 is 1.27 bits per heavy atom. The van der Waals surface area contributed by atoms with Crippen LogP contribution in [-0.2, 0) is 9.59 Å². The fourth-order valence-electron chi connectivity index (χ4n) is 2.63. The highest BCUT2D eigenvalue weighted by Gasteiger charge is 2.33. The van der Waals surface area contributed by atoms with Crippen LogP contribution in [0.3, 0.4) is 0 Å². The van der Waals surface area contributed by atoms with Crippen molar-refractivity contribution in [1.82, 2.24) is 16.1 Å². The Morgan fingerprint density at radius 3 is 2.55 bits per heavy atom. The van der Waals surface area contributed by atoms with Gasteiger partial charge in [-0.1, -0.05) is 30.3 Å². The summed E-state index contributed by atoms with van der Waals surface area (Å²) in [6.45, 7) is 1.37. The maximum Gasteiger partial charge on any atom is 0.268 e. The van der Waals surface area contributed by atoms with Crippen LogP contribution in [0.2, 0.25) is 0 Å². The summed E-state index contributed by atoms with van der Waals surface area (Å²) in [5, 5.41) is 23.9. The average molecular weight is 307 g/mol. The third-order valence-electron chi connectivity index (χ3n) is 3.84. The van der Waals surface area contributed by atoms with Gasteiger partial charge in [0.05, 0.1) is 12.1 Å². The van der Waals surface area contributed by atoms with Crippen molar-refractivity contribution in [3.05, 3.63) is 35.9 Å². The largest absolute Gasteiger partial charge is 0.391 e. The first-order valence-corrected chi connectivity index (χ1v) is 7.26. The van der Waals surface area contributed by atoms with E-state index in [-0.39, 0.29) is 11.9 Å². The molecule has 1 aromatic carbocycles. The molecule has 4 atom stereocenters. The minimum atomic E-state index is -1.19. The zero-order chi connectivity index (χ0) is 16.1. The van der Waals surface area contributed by atoms with Gasteiger partial charge >= 0.3 is 0 Å². The summed E-state index contributed by atoms with van der Waals surface area (Å²) in [5.41, 5.74) is 2.55. The molecule has 120 valence electrons. The van der Waals surface area contributed by atoms with Crippen molar-refractivity contribution >= 4 is 11.8 Å². The fraction of sp³-hybridized carbons (Fsp3) is 0.467. The van der Waals surface area contributed by atoms with Crippen LogP contribution >= 0.6 is 0 Å². The van der Waals surface area contributed by atoms with E-state index in [9.17, 15) is 14.7 Å². The smallest absolute Gasteiger partial charge is 0.268 e. The number of nitrogens with one attached hydrogen (secondary N) is 3. The van der Waals surface area contributed by atoms with Crippen LogP contribution in [0.15, 0.2) is 30.3 Å². The molecular formula is C15H21N3O4. The number of rotatable bonds is 5. The molecule has 2 rings (SSSR count). The molecule has 0 bridgehead atoms. The van der Waals surface area contributed by atoms with E-state index >= 15 is 0 Å². The molecule has 0 aromatic heterocycles. The van der Waals surface area contributed by atoms with Gasteiger partial charge in [0.25, 0.3) is 5.91 Å². The highest BCUT2D eigenvalue weighted by molar-refractivity contribution is 5.89. The van der Waals surface area contributed by atoms with Crippen molar-refractivity contribution in [2.24, 2.45) is 0 Å². The molecule has 0 aliphatic carbocycles. The first kappa shape index (κ1) is 16.4. The SMILES string of the molecule is C[C@@H](O)[C@H](NC(=O)[C@@H]1CCC(c2ccccc2)N1)C(=O)NO. The number of amides is 2. The van der Waals surface area contributed by atoms with Gasteiger partial charge in [0, 0.05) is 6.04 Å². The molecule has 5 N–H and O–H groups in total. The lowest BCUT2D eigenvalue weighted by Crippen LogP contribution is -2.55. The molecule has 1 aliphatic rings. The molecule has 1 fully saturated rings. The van der Waals surface area contributed by atoms with E-state index in [4.69, 9.17) is 5.21 Å². The van der Waals surface area contributed by atoms with Gasteiger partial charge in [-0.05, 0) is 25.3 Å². The summed E-state index contributed by atoms with van der Waals surface area (Å²) in [7, 11) is 0. The predicted molar refractivity (Wildman–Crippen MR) is 78.9 cm³/mol. The molecule has 0 saturated carbocycles. The molecule has 1 aliphatic heterocycles. The molecule has 22 heavy (non-hydrogen) atoms. The number of benzene rings is 1. The van der Waals surface area contributed by atoms with Gasteiger partial charge < -0.3 is 10.4 Å². The third-order valence-corrected chi connectivity index (χ3v) is 3.84. The van der Waals surface area contributed by atoms with Gasteiger partial charge in [0.2, 0.25) is 5.91 Å². The molecule has 1 saturated heterocycles. The second-order valence-electron chi connectivity index (χ2n) is 5.46. The Kier molecular flexibility index (Phi) is 5.48. The van der Waals surface area contributed by atoms with Gasteiger partial charge in [-0.15, -0.1) is 0 Å². The van der Waals surface area contributed by atoms with Gasteiger partial charge in [-0.3, -0.25) is 20.1 Å². The van der Waals surface area contributed by atoms with Gasteiger partial charge in [-0.2, -0.15) is 0 Å². The van der Waals surface area contributed by atoms with E-state index in [1.54, 1.807) is 0 Å². The Morgan fingerprint density at radius 2 is 1.95 bits per heavy atom. The van der Waals surface area contributed by atoms with Crippen molar-refractivity contribution in [1.29, 1.82) is 0 Å². The number of aliphatic hydroxyl groups excluding tert-OH is 1. The molecule has 1 heterocycles. The number of carbonyl (C=O) groups excluding carboxylic acids is 2. The van der Waals surface area contributed by atoms with E-state index in [1.807, 2.05) is 30.3 Å².